The number of likely N-dealkylation sites (tertiary alicyclic amines) is 1. The van der Waals surface area contributed by atoms with Crippen molar-refractivity contribution in [3.8, 4) is 0 Å². The highest BCUT2D eigenvalue weighted by Crippen LogP contribution is 2.19. The van der Waals surface area contributed by atoms with Crippen molar-refractivity contribution < 1.29 is 0 Å². The lowest BCUT2D eigenvalue weighted by atomic mass is 10.1. The summed E-state index contributed by atoms with van der Waals surface area (Å²) in [4.78, 5) is 9.52. The zero-order valence-electron chi connectivity index (χ0n) is 16.6. The van der Waals surface area contributed by atoms with E-state index in [1.54, 1.807) is 0 Å². The number of aromatic nitrogens is 2. The molecule has 0 aromatic carbocycles. The molecule has 0 bridgehead atoms. The van der Waals surface area contributed by atoms with Gasteiger partial charge in [-0.1, -0.05) is 13.8 Å². The minimum Gasteiger partial charge on any atom is -0.357 e. The summed E-state index contributed by atoms with van der Waals surface area (Å²) in [5.74, 6) is 1.41. The molecule has 144 valence electrons. The van der Waals surface area contributed by atoms with E-state index in [0.717, 1.165) is 25.6 Å². The average molecular weight is 462 g/mol. The van der Waals surface area contributed by atoms with Crippen LogP contribution in [0.3, 0.4) is 0 Å². The molecule has 0 saturated carbocycles. The van der Waals surface area contributed by atoms with Gasteiger partial charge in [-0.2, -0.15) is 5.10 Å². The van der Waals surface area contributed by atoms with Gasteiger partial charge in [0.2, 0.25) is 0 Å². The van der Waals surface area contributed by atoms with E-state index in [2.05, 4.69) is 61.3 Å². The Morgan fingerprint density at radius 1 is 1.44 bits per heavy atom. The number of aliphatic imine (C=N–C) groups is 1. The van der Waals surface area contributed by atoms with Crippen LogP contribution in [0.5, 0.6) is 0 Å². The van der Waals surface area contributed by atoms with Crippen molar-refractivity contribution in [3.05, 3.63) is 17.5 Å². The van der Waals surface area contributed by atoms with E-state index in [-0.39, 0.29) is 24.0 Å². The van der Waals surface area contributed by atoms with Crippen molar-refractivity contribution >= 4 is 29.9 Å². The highest BCUT2D eigenvalue weighted by molar-refractivity contribution is 14.0. The summed E-state index contributed by atoms with van der Waals surface area (Å²) in [7, 11) is 6.30. The summed E-state index contributed by atoms with van der Waals surface area (Å²) < 4.78 is 1.91. The Balaban J connectivity index is 0.00000312. The van der Waals surface area contributed by atoms with E-state index >= 15 is 0 Å². The van der Waals surface area contributed by atoms with Crippen molar-refractivity contribution in [3.63, 3.8) is 0 Å². The molecule has 1 N–H and O–H groups in total. The number of hydrogen-bond acceptors (Lipinski definition) is 3. The van der Waals surface area contributed by atoms with Crippen LogP contribution in [0.15, 0.2) is 11.2 Å². The average Bonchev–Trinajstić information content (AvgIpc) is 3.09. The van der Waals surface area contributed by atoms with Crippen molar-refractivity contribution in [2.45, 2.75) is 52.1 Å². The molecule has 0 radical (unpaired) electrons. The first-order valence-electron chi connectivity index (χ1n) is 9.14. The zero-order valence-corrected chi connectivity index (χ0v) is 18.9. The number of nitrogens with zero attached hydrogens (tertiary/aromatic N) is 5. The van der Waals surface area contributed by atoms with Gasteiger partial charge in [0.25, 0.3) is 0 Å². The molecule has 7 heteroatoms. The van der Waals surface area contributed by atoms with E-state index in [4.69, 9.17) is 4.99 Å². The Hall–Kier alpha value is -0.830. The minimum absolute atomic E-state index is 0. The monoisotopic (exact) mass is 462 g/mol. The lowest BCUT2D eigenvalue weighted by Crippen LogP contribution is -2.39. The van der Waals surface area contributed by atoms with Crippen LogP contribution in [-0.2, 0) is 13.6 Å². The van der Waals surface area contributed by atoms with Gasteiger partial charge in [0.15, 0.2) is 5.96 Å². The molecule has 0 amide bonds. The fourth-order valence-corrected chi connectivity index (χ4v) is 3.36. The smallest absolute Gasteiger partial charge is 0.194 e. The van der Waals surface area contributed by atoms with Crippen molar-refractivity contribution in [1.29, 1.82) is 0 Å². The summed E-state index contributed by atoms with van der Waals surface area (Å²) in [6.07, 6.45) is 4.67. The standard InChI is InChI=1S/C18H34N6.HI/c1-7-19-18(20-11-16-9-8-10-22(16)4)23(5)12-15-13-24(6)21-17(15)14(2)3;/h13-14,16H,7-12H2,1-6H3,(H,19,20);1H. The molecule has 1 aliphatic rings. The quantitative estimate of drug-likeness (QED) is 0.401. The Kier molecular flexibility index (Phi) is 9.20. The van der Waals surface area contributed by atoms with Crippen molar-refractivity contribution in [2.24, 2.45) is 12.0 Å². The molecule has 0 spiro atoms. The molecule has 25 heavy (non-hydrogen) atoms. The summed E-state index contributed by atoms with van der Waals surface area (Å²) >= 11 is 0. The van der Waals surface area contributed by atoms with Crippen LogP contribution in [0.1, 0.15) is 50.8 Å². The number of likely N-dealkylation sites (N-methyl/N-ethyl adjacent to an activating group) is 1. The highest BCUT2D eigenvalue weighted by atomic mass is 127. The summed E-state index contributed by atoms with van der Waals surface area (Å²) in [5.41, 5.74) is 2.45. The van der Waals surface area contributed by atoms with Gasteiger partial charge in [-0.05, 0) is 39.3 Å². The zero-order chi connectivity index (χ0) is 17.7. The normalized spacial score (nSPS) is 18.5. The summed E-state index contributed by atoms with van der Waals surface area (Å²) in [5, 5.41) is 8.04. The molecule has 1 aromatic heterocycles. The first kappa shape index (κ1) is 22.2. The predicted molar refractivity (Wildman–Crippen MR) is 116 cm³/mol. The van der Waals surface area contributed by atoms with Gasteiger partial charge in [0.1, 0.15) is 0 Å². The van der Waals surface area contributed by atoms with Crippen LogP contribution in [-0.4, -0.2) is 65.3 Å². The van der Waals surface area contributed by atoms with Crippen LogP contribution in [0, 0.1) is 0 Å². The molecular weight excluding hydrogens is 427 g/mol. The number of hydrogen-bond donors (Lipinski definition) is 1. The molecule has 1 fully saturated rings. The van der Waals surface area contributed by atoms with Crippen LogP contribution >= 0.6 is 24.0 Å². The Morgan fingerprint density at radius 3 is 2.72 bits per heavy atom. The topological polar surface area (TPSA) is 48.7 Å². The predicted octanol–water partition coefficient (Wildman–Crippen LogP) is 2.65. The van der Waals surface area contributed by atoms with E-state index < -0.39 is 0 Å². The first-order valence-corrected chi connectivity index (χ1v) is 9.14. The fourth-order valence-electron chi connectivity index (χ4n) is 3.36. The number of guanidine groups is 1. The fraction of sp³-hybridized carbons (Fsp3) is 0.778. The summed E-state index contributed by atoms with van der Waals surface area (Å²) in [6.45, 7) is 10.3. The van der Waals surface area contributed by atoms with E-state index in [1.165, 1.54) is 30.6 Å². The third kappa shape index (κ3) is 6.13. The molecule has 1 atom stereocenters. The minimum atomic E-state index is 0. The third-order valence-electron chi connectivity index (χ3n) is 4.71. The second kappa shape index (κ2) is 10.4. The molecule has 2 heterocycles. The van der Waals surface area contributed by atoms with Gasteiger partial charge < -0.3 is 15.1 Å². The van der Waals surface area contributed by atoms with Crippen LogP contribution in [0.4, 0.5) is 0 Å². The van der Waals surface area contributed by atoms with Gasteiger partial charge in [0, 0.05) is 45.0 Å². The van der Waals surface area contributed by atoms with Gasteiger partial charge in [-0.25, -0.2) is 0 Å². The molecule has 1 saturated heterocycles. The molecule has 1 aliphatic heterocycles. The molecule has 6 nitrogen and oxygen atoms in total. The summed E-state index contributed by atoms with van der Waals surface area (Å²) in [6, 6.07) is 0.580. The Morgan fingerprint density at radius 2 is 2.16 bits per heavy atom. The number of rotatable bonds is 6. The number of halogens is 1. The van der Waals surface area contributed by atoms with Gasteiger partial charge in [-0.3, -0.25) is 9.67 Å². The largest absolute Gasteiger partial charge is 0.357 e. The van der Waals surface area contributed by atoms with E-state index in [1.807, 2.05) is 11.7 Å². The maximum absolute atomic E-state index is 4.89. The second-order valence-corrected chi connectivity index (χ2v) is 7.20. The molecule has 1 aromatic rings. The Bertz CT molecular complexity index is 554. The molecule has 1 unspecified atom stereocenters. The van der Waals surface area contributed by atoms with Crippen LogP contribution in [0.2, 0.25) is 0 Å². The maximum Gasteiger partial charge on any atom is 0.194 e. The lowest BCUT2D eigenvalue weighted by Gasteiger charge is -2.24. The van der Waals surface area contributed by atoms with Gasteiger partial charge in [-0.15, -0.1) is 24.0 Å². The van der Waals surface area contributed by atoms with Crippen molar-refractivity contribution in [2.75, 3.05) is 33.7 Å². The van der Waals surface area contributed by atoms with Crippen LogP contribution in [0.25, 0.3) is 0 Å². The van der Waals surface area contributed by atoms with Gasteiger partial charge in [0.05, 0.1) is 12.2 Å². The number of nitrogens with one attached hydrogen (secondary N) is 1. The highest BCUT2D eigenvalue weighted by Gasteiger charge is 2.21. The Labute approximate surface area is 170 Å². The second-order valence-electron chi connectivity index (χ2n) is 7.20. The molecular formula is C18H35IN6. The van der Waals surface area contributed by atoms with E-state index in [9.17, 15) is 0 Å². The third-order valence-corrected chi connectivity index (χ3v) is 4.71. The van der Waals surface area contributed by atoms with Crippen LogP contribution < -0.4 is 5.32 Å². The first-order chi connectivity index (χ1) is 11.4. The maximum atomic E-state index is 4.89. The number of aryl methyl sites for hydroxylation is 1. The molecule has 2 rings (SSSR count). The van der Waals surface area contributed by atoms with Gasteiger partial charge >= 0.3 is 0 Å². The SMILES string of the molecule is CCNC(=NCC1CCCN1C)N(C)Cc1cn(C)nc1C(C)C.I. The molecule has 0 aliphatic carbocycles. The van der Waals surface area contributed by atoms with E-state index in [0.29, 0.717) is 12.0 Å². The van der Waals surface area contributed by atoms with Crippen molar-refractivity contribution in [1.82, 2.24) is 24.9 Å². The lowest BCUT2D eigenvalue weighted by molar-refractivity contribution is 0.316.